The lowest BCUT2D eigenvalue weighted by atomic mass is 9.88. The van der Waals surface area contributed by atoms with Gasteiger partial charge < -0.3 is 14.7 Å². The zero-order valence-electron chi connectivity index (χ0n) is 17.7. The Bertz CT molecular complexity index is 686. The summed E-state index contributed by atoms with van der Waals surface area (Å²) in [6, 6.07) is 0.518. The summed E-state index contributed by atoms with van der Waals surface area (Å²) in [6.45, 7) is 2.79. The van der Waals surface area contributed by atoms with Crippen molar-refractivity contribution in [2.45, 2.75) is 93.5 Å². The zero-order valence-corrected chi connectivity index (χ0v) is 19.3. The molecule has 1 heterocycles. The van der Waals surface area contributed by atoms with Gasteiger partial charge in [0, 0.05) is 24.4 Å². The van der Waals surface area contributed by atoms with Crippen LogP contribution in [0.2, 0.25) is 0 Å². The van der Waals surface area contributed by atoms with E-state index >= 15 is 0 Å². The zero-order chi connectivity index (χ0) is 21.3. The van der Waals surface area contributed by atoms with Gasteiger partial charge in [-0.25, -0.2) is 9.78 Å². The Labute approximate surface area is 187 Å². The number of carbonyl (C=O) groups is 2. The third kappa shape index (κ3) is 6.85. The van der Waals surface area contributed by atoms with E-state index in [0.717, 1.165) is 49.3 Å². The summed E-state index contributed by atoms with van der Waals surface area (Å²) < 4.78 is 6.72. The predicted octanol–water partition coefficient (Wildman–Crippen LogP) is 5.22. The molecule has 3 rings (SSSR count). The number of thiazole rings is 1. The van der Waals surface area contributed by atoms with Gasteiger partial charge in [0.1, 0.15) is 0 Å². The average Bonchev–Trinajstić information content (AvgIpc) is 3.17. The van der Waals surface area contributed by atoms with Crippen molar-refractivity contribution in [2.75, 3.05) is 17.7 Å². The fourth-order valence-corrected chi connectivity index (χ4v) is 6.36. The molecule has 0 atom stereocenters. The number of anilines is 1. The topological polar surface area (TPSA) is 91.8 Å². The second-order valence-corrected chi connectivity index (χ2v) is 10.4. The first-order valence-corrected chi connectivity index (χ1v) is 12.9. The minimum Gasteiger partial charge on any atom is -0.481 e. The molecule has 2 saturated carbocycles. The van der Waals surface area contributed by atoms with Gasteiger partial charge in [0.2, 0.25) is 0 Å². The van der Waals surface area contributed by atoms with Crippen molar-refractivity contribution in [2.24, 2.45) is 0 Å². The third-order valence-corrected chi connectivity index (χ3v) is 8.01. The van der Waals surface area contributed by atoms with Crippen molar-refractivity contribution in [3.05, 3.63) is 6.20 Å². The number of nitrogens with zero attached hydrogens (tertiary/aromatic N) is 2. The Morgan fingerprint density at radius 1 is 1.20 bits per heavy atom. The molecule has 7 nitrogen and oxygen atoms in total. The van der Waals surface area contributed by atoms with Crippen LogP contribution in [0.25, 0.3) is 0 Å². The van der Waals surface area contributed by atoms with Crippen LogP contribution in [-0.2, 0) is 9.53 Å². The number of thioether (sulfide) groups is 1. The highest BCUT2D eigenvalue weighted by Crippen LogP contribution is 2.33. The van der Waals surface area contributed by atoms with Gasteiger partial charge in [-0.1, -0.05) is 30.6 Å². The number of carbonyl (C=O) groups excluding carboxylic acids is 1. The van der Waals surface area contributed by atoms with Crippen molar-refractivity contribution >= 4 is 40.2 Å². The van der Waals surface area contributed by atoms with Crippen LogP contribution < -0.4 is 5.32 Å². The van der Waals surface area contributed by atoms with Crippen molar-refractivity contribution in [3.63, 3.8) is 0 Å². The number of ether oxygens (including phenoxy) is 1. The molecule has 30 heavy (non-hydrogen) atoms. The highest BCUT2D eigenvalue weighted by atomic mass is 32.2. The van der Waals surface area contributed by atoms with E-state index in [9.17, 15) is 9.59 Å². The first kappa shape index (κ1) is 23.3. The highest BCUT2D eigenvalue weighted by Gasteiger charge is 2.34. The molecule has 2 amide bonds. The van der Waals surface area contributed by atoms with E-state index in [1.54, 1.807) is 6.20 Å². The van der Waals surface area contributed by atoms with Crippen LogP contribution in [0.5, 0.6) is 0 Å². The quantitative estimate of drug-likeness (QED) is 0.496. The van der Waals surface area contributed by atoms with Gasteiger partial charge in [0.15, 0.2) is 5.13 Å². The number of hydrogen-bond donors (Lipinski definition) is 2. The average molecular weight is 456 g/mol. The number of amides is 2. The van der Waals surface area contributed by atoms with Crippen molar-refractivity contribution in [3.8, 4) is 0 Å². The van der Waals surface area contributed by atoms with E-state index in [1.807, 2.05) is 6.92 Å². The second-order valence-electron chi connectivity index (χ2n) is 7.99. The summed E-state index contributed by atoms with van der Waals surface area (Å²) >= 11 is 2.87. The smallest absolute Gasteiger partial charge is 0.324 e. The molecule has 0 saturated heterocycles. The molecule has 1 aromatic rings. The van der Waals surface area contributed by atoms with Crippen LogP contribution in [0.3, 0.4) is 0 Å². The van der Waals surface area contributed by atoms with Crippen LogP contribution >= 0.6 is 23.1 Å². The molecule has 2 aliphatic rings. The van der Waals surface area contributed by atoms with Crippen LogP contribution in [-0.4, -0.2) is 57.5 Å². The fraction of sp³-hybridized carbons (Fsp3) is 0.762. The van der Waals surface area contributed by atoms with E-state index in [0.29, 0.717) is 23.0 Å². The lowest BCUT2D eigenvalue weighted by Gasteiger charge is -2.42. The van der Waals surface area contributed by atoms with Crippen molar-refractivity contribution in [1.29, 1.82) is 0 Å². The van der Waals surface area contributed by atoms with E-state index < -0.39 is 5.97 Å². The molecule has 0 bridgehead atoms. The standard InChI is InChI=1S/C21H33N3O4S2/c1-2-28-17-10-8-16(9-11-17)24(15-6-4-3-5-7-15)21(27)23-20-22-14-19(30-20)29-13-12-18(25)26/h14-17H,2-13H2,1H3,(H,25,26)(H,22,23,27). The number of hydrogen-bond acceptors (Lipinski definition) is 6. The van der Waals surface area contributed by atoms with E-state index in [-0.39, 0.29) is 18.5 Å². The maximum absolute atomic E-state index is 13.3. The summed E-state index contributed by atoms with van der Waals surface area (Å²) in [5.41, 5.74) is 0. The molecule has 0 unspecified atom stereocenters. The summed E-state index contributed by atoms with van der Waals surface area (Å²) in [6.07, 6.45) is 11.9. The molecular formula is C21H33N3O4S2. The predicted molar refractivity (Wildman–Crippen MR) is 120 cm³/mol. The number of aromatic nitrogens is 1. The SMILES string of the molecule is CCOC1CCC(N(C(=O)Nc2ncc(SCCC(=O)O)s2)C2CCCCC2)CC1. The first-order chi connectivity index (χ1) is 14.6. The van der Waals surface area contributed by atoms with Gasteiger partial charge >= 0.3 is 12.0 Å². The molecule has 0 radical (unpaired) electrons. The molecule has 0 spiro atoms. The Morgan fingerprint density at radius 2 is 1.90 bits per heavy atom. The fourth-order valence-electron chi connectivity index (χ4n) is 4.49. The van der Waals surface area contributed by atoms with Gasteiger partial charge in [-0.2, -0.15) is 0 Å². The Balaban J connectivity index is 1.61. The molecule has 168 valence electrons. The number of nitrogens with one attached hydrogen (secondary N) is 1. The first-order valence-electron chi connectivity index (χ1n) is 11.1. The van der Waals surface area contributed by atoms with Gasteiger partial charge in [0.05, 0.1) is 22.9 Å². The lowest BCUT2D eigenvalue weighted by molar-refractivity contribution is -0.136. The van der Waals surface area contributed by atoms with Gasteiger partial charge in [0.25, 0.3) is 0 Å². The van der Waals surface area contributed by atoms with Crippen molar-refractivity contribution < 1.29 is 19.4 Å². The van der Waals surface area contributed by atoms with Gasteiger partial charge in [-0.05, 0) is 45.4 Å². The summed E-state index contributed by atoms with van der Waals surface area (Å²) in [7, 11) is 0. The van der Waals surface area contributed by atoms with E-state index in [4.69, 9.17) is 9.84 Å². The monoisotopic (exact) mass is 455 g/mol. The molecule has 0 aliphatic heterocycles. The Morgan fingerprint density at radius 3 is 2.57 bits per heavy atom. The largest absolute Gasteiger partial charge is 0.481 e. The summed E-state index contributed by atoms with van der Waals surface area (Å²) in [4.78, 5) is 30.4. The number of urea groups is 1. The highest BCUT2D eigenvalue weighted by molar-refractivity contribution is 8.01. The van der Waals surface area contributed by atoms with Crippen LogP contribution in [0.15, 0.2) is 10.4 Å². The van der Waals surface area contributed by atoms with Gasteiger partial charge in [-0.15, -0.1) is 11.8 Å². The van der Waals surface area contributed by atoms with Crippen LogP contribution in [0.4, 0.5) is 9.93 Å². The Kier molecular flexibility index (Phi) is 9.27. The van der Waals surface area contributed by atoms with Gasteiger partial charge in [-0.3, -0.25) is 10.1 Å². The maximum Gasteiger partial charge on any atom is 0.324 e. The number of carboxylic acids is 1. The maximum atomic E-state index is 13.3. The molecular weight excluding hydrogens is 422 g/mol. The number of aliphatic carboxylic acids is 1. The van der Waals surface area contributed by atoms with E-state index in [1.165, 1.54) is 42.4 Å². The lowest BCUT2D eigenvalue weighted by Crippen LogP contribution is -2.51. The van der Waals surface area contributed by atoms with Crippen LogP contribution in [0, 0.1) is 0 Å². The summed E-state index contributed by atoms with van der Waals surface area (Å²) in [5, 5.41) is 12.4. The molecule has 2 aliphatic carbocycles. The number of carboxylic acid groups (broad SMARTS) is 1. The molecule has 2 fully saturated rings. The third-order valence-electron chi connectivity index (χ3n) is 5.90. The van der Waals surface area contributed by atoms with Crippen molar-refractivity contribution in [1.82, 2.24) is 9.88 Å². The Hall–Kier alpha value is -1.32. The molecule has 2 N–H and O–H groups in total. The minimum atomic E-state index is -0.803. The molecule has 0 aromatic carbocycles. The normalized spacial score (nSPS) is 22.6. The van der Waals surface area contributed by atoms with Crippen LogP contribution in [0.1, 0.15) is 71.1 Å². The second kappa shape index (κ2) is 11.9. The number of rotatable bonds is 9. The summed E-state index contributed by atoms with van der Waals surface area (Å²) in [5.74, 6) is -0.301. The molecule has 1 aromatic heterocycles. The van der Waals surface area contributed by atoms with E-state index in [2.05, 4.69) is 15.2 Å². The minimum absolute atomic E-state index is 0.0433. The molecule has 9 heteroatoms.